The van der Waals surface area contributed by atoms with E-state index in [-0.39, 0.29) is 12.0 Å². The third kappa shape index (κ3) is 4.29. The van der Waals surface area contributed by atoms with Gasteiger partial charge in [-0.2, -0.15) is 0 Å². The van der Waals surface area contributed by atoms with Gasteiger partial charge in [-0.05, 0) is 35.4 Å². The topological polar surface area (TPSA) is 103 Å². The Morgan fingerprint density at radius 1 is 1.27 bits per heavy atom. The number of benzene rings is 1. The molecule has 2 aromatic heterocycles. The van der Waals surface area contributed by atoms with E-state index in [1.807, 2.05) is 30.3 Å². The lowest BCUT2D eigenvalue weighted by Gasteiger charge is -2.33. The second-order valence-electron chi connectivity index (χ2n) is 7.03. The second kappa shape index (κ2) is 8.98. The molecule has 0 bridgehead atoms. The average Bonchev–Trinajstić information content (AvgIpc) is 2.79. The van der Waals surface area contributed by atoms with Crippen molar-refractivity contribution < 1.29 is 14.3 Å². The summed E-state index contributed by atoms with van der Waals surface area (Å²) in [5.41, 5.74) is 9.90. The van der Waals surface area contributed by atoms with E-state index in [2.05, 4.69) is 15.0 Å². The molecule has 0 spiro atoms. The van der Waals surface area contributed by atoms with Gasteiger partial charge in [-0.3, -0.25) is 4.79 Å². The highest BCUT2D eigenvalue weighted by molar-refractivity contribution is 5.94. The first-order valence-electron chi connectivity index (χ1n) is 9.66. The van der Waals surface area contributed by atoms with Crippen LogP contribution >= 0.6 is 0 Å². The van der Waals surface area contributed by atoms with Gasteiger partial charge in [-0.1, -0.05) is 12.1 Å². The summed E-state index contributed by atoms with van der Waals surface area (Å²) in [7, 11) is 1.65. The van der Waals surface area contributed by atoms with Gasteiger partial charge in [-0.25, -0.2) is 15.0 Å². The van der Waals surface area contributed by atoms with Gasteiger partial charge in [0.05, 0.1) is 25.5 Å². The molecule has 2 N–H and O–H groups in total. The minimum Gasteiger partial charge on any atom is -0.384 e. The molecule has 30 heavy (non-hydrogen) atoms. The number of hydrogen-bond acceptors (Lipinski definition) is 7. The van der Waals surface area contributed by atoms with Crippen molar-refractivity contribution >= 4 is 11.7 Å². The van der Waals surface area contributed by atoms with E-state index in [9.17, 15) is 4.79 Å². The standard InChI is InChI=1S/C22H23N5O3/c1-29-13-15-2-4-16(5-3-15)22(28)27-8-9-30-19(12-27)21-18(11-24-14-26-21)17-6-7-25-20(23)10-17/h2-7,10-11,14,19H,8-9,12-13H2,1H3,(H2,23,25)/t19-/m1/s1. The van der Waals surface area contributed by atoms with Crippen molar-refractivity contribution in [3.05, 3.63) is 71.9 Å². The smallest absolute Gasteiger partial charge is 0.254 e. The van der Waals surface area contributed by atoms with Crippen LogP contribution in [0.15, 0.2) is 55.1 Å². The first-order valence-corrected chi connectivity index (χ1v) is 9.66. The van der Waals surface area contributed by atoms with E-state index in [0.29, 0.717) is 37.7 Å². The molecule has 0 aliphatic carbocycles. The normalized spacial score (nSPS) is 16.4. The highest BCUT2D eigenvalue weighted by atomic mass is 16.5. The number of anilines is 1. The number of aromatic nitrogens is 3. The van der Waals surface area contributed by atoms with Gasteiger partial charge in [0.25, 0.3) is 5.91 Å². The van der Waals surface area contributed by atoms with E-state index in [1.54, 1.807) is 30.5 Å². The van der Waals surface area contributed by atoms with Crippen LogP contribution in [0.2, 0.25) is 0 Å². The number of nitrogens with two attached hydrogens (primary N) is 1. The number of nitrogens with zero attached hydrogens (tertiary/aromatic N) is 4. The largest absolute Gasteiger partial charge is 0.384 e. The molecule has 1 saturated heterocycles. The fourth-order valence-electron chi connectivity index (χ4n) is 3.53. The van der Waals surface area contributed by atoms with E-state index < -0.39 is 0 Å². The zero-order valence-corrected chi connectivity index (χ0v) is 16.7. The number of carbonyl (C=O) groups excluding carboxylic acids is 1. The van der Waals surface area contributed by atoms with Crippen LogP contribution < -0.4 is 5.73 Å². The molecule has 0 saturated carbocycles. The van der Waals surface area contributed by atoms with Gasteiger partial charge < -0.3 is 20.1 Å². The minimum atomic E-state index is -0.358. The van der Waals surface area contributed by atoms with Crippen molar-refractivity contribution in [3.8, 4) is 11.1 Å². The molecule has 154 valence electrons. The quantitative estimate of drug-likeness (QED) is 0.695. The van der Waals surface area contributed by atoms with E-state index in [0.717, 1.165) is 22.4 Å². The molecule has 1 aliphatic heterocycles. The highest BCUT2D eigenvalue weighted by Crippen LogP contribution is 2.30. The minimum absolute atomic E-state index is 0.0315. The fourth-order valence-corrected chi connectivity index (χ4v) is 3.53. The number of methoxy groups -OCH3 is 1. The lowest BCUT2D eigenvalue weighted by molar-refractivity contribution is -0.0245. The van der Waals surface area contributed by atoms with Crippen molar-refractivity contribution in [2.45, 2.75) is 12.7 Å². The molecular weight excluding hydrogens is 382 g/mol. The number of morpholine rings is 1. The van der Waals surface area contributed by atoms with Crippen LogP contribution in [-0.2, 0) is 16.1 Å². The van der Waals surface area contributed by atoms with E-state index in [1.165, 1.54) is 6.33 Å². The predicted octanol–water partition coefficient (Wildman–Crippen LogP) is 2.48. The first-order chi connectivity index (χ1) is 14.7. The Bertz CT molecular complexity index is 1030. The van der Waals surface area contributed by atoms with Gasteiger partial charge >= 0.3 is 0 Å². The Morgan fingerprint density at radius 3 is 2.87 bits per heavy atom. The molecule has 0 radical (unpaired) electrons. The Labute approximate surface area is 174 Å². The van der Waals surface area contributed by atoms with Crippen molar-refractivity contribution in [1.29, 1.82) is 0 Å². The maximum atomic E-state index is 13.0. The van der Waals surface area contributed by atoms with Crippen LogP contribution in [0.25, 0.3) is 11.1 Å². The zero-order chi connectivity index (χ0) is 20.9. The Morgan fingerprint density at radius 2 is 2.10 bits per heavy atom. The Hall–Kier alpha value is -3.36. The van der Waals surface area contributed by atoms with Crippen molar-refractivity contribution in [3.63, 3.8) is 0 Å². The summed E-state index contributed by atoms with van der Waals surface area (Å²) in [5.74, 6) is 0.386. The predicted molar refractivity (Wildman–Crippen MR) is 111 cm³/mol. The summed E-state index contributed by atoms with van der Waals surface area (Å²) >= 11 is 0. The number of ether oxygens (including phenoxy) is 2. The Balaban J connectivity index is 1.55. The third-order valence-electron chi connectivity index (χ3n) is 5.01. The molecule has 1 aliphatic rings. The van der Waals surface area contributed by atoms with Crippen LogP contribution in [0.4, 0.5) is 5.82 Å². The molecule has 3 aromatic rings. The summed E-state index contributed by atoms with van der Waals surface area (Å²) in [6.07, 6.45) is 4.51. The zero-order valence-electron chi connectivity index (χ0n) is 16.7. The number of rotatable bonds is 5. The maximum absolute atomic E-state index is 13.0. The summed E-state index contributed by atoms with van der Waals surface area (Å²) in [5, 5.41) is 0. The molecule has 1 fully saturated rings. The fraction of sp³-hybridized carbons (Fsp3) is 0.273. The second-order valence-corrected chi connectivity index (χ2v) is 7.03. The van der Waals surface area contributed by atoms with Gasteiger partial charge in [0.15, 0.2) is 0 Å². The van der Waals surface area contributed by atoms with Crippen molar-refractivity contribution in [1.82, 2.24) is 19.9 Å². The third-order valence-corrected chi connectivity index (χ3v) is 5.01. The molecule has 1 amide bonds. The van der Waals surface area contributed by atoms with Crippen LogP contribution in [0.1, 0.15) is 27.7 Å². The highest BCUT2D eigenvalue weighted by Gasteiger charge is 2.29. The lowest BCUT2D eigenvalue weighted by atomic mass is 10.0. The first kappa shape index (κ1) is 19.9. The van der Waals surface area contributed by atoms with Gasteiger partial charge in [0, 0.05) is 37.2 Å². The van der Waals surface area contributed by atoms with Crippen molar-refractivity contribution in [2.75, 3.05) is 32.5 Å². The van der Waals surface area contributed by atoms with E-state index in [4.69, 9.17) is 15.2 Å². The number of carbonyl (C=O) groups is 1. The summed E-state index contributed by atoms with van der Waals surface area (Å²) in [6.45, 7) is 1.88. The van der Waals surface area contributed by atoms with Gasteiger partial charge in [-0.15, -0.1) is 0 Å². The molecule has 1 aromatic carbocycles. The van der Waals surface area contributed by atoms with E-state index >= 15 is 0 Å². The molecular formula is C22H23N5O3. The summed E-state index contributed by atoms with van der Waals surface area (Å²) < 4.78 is 11.1. The molecule has 3 heterocycles. The van der Waals surface area contributed by atoms with Crippen LogP contribution in [0, 0.1) is 0 Å². The molecule has 1 atom stereocenters. The summed E-state index contributed by atoms with van der Waals surface area (Å²) in [4.78, 5) is 27.5. The lowest BCUT2D eigenvalue weighted by Crippen LogP contribution is -2.42. The monoisotopic (exact) mass is 405 g/mol. The summed E-state index contributed by atoms with van der Waals surface area (Å²) in [6, 6.07) is 11.1. The van der Waals surface area contributed by atoms with Crippen LogP contribution in [0.3, 0.4) is 0 Å². The van der Waals surface area contributed by atoms with Crippen molar-refractivity contribution in [2.24, 2.45) is 0 Å². The maximum Gasteiger partial charge on any atom is 0.254 e. The SMILES string of the molecule is COCc1ccc(C(=O)N2CCO[C@@H](c3ncncc3-c3ccnc(N)c3)C2)cc1. The molecule has 4 rings (SSSR count). The average molecular weight is 405 g/mol. The van der Waals surface area contributed by atoms with Crippen LogP contribution in [0.5, 0.6) is 0 Å². The number of nitrogen functional groups attached to an aromatic ring is 1. The number of pyridine rings is 1. The van der Waals surface area contributed by atoms with Gasteiger partial charge in [0.1, 0.15) is 18.2 Å². The van der Waals surface area contributed by atoms with Gasteiger partial charge in [0.2, 0.25) is 0 Å². The molecule has 0 unspecified atom stereocenters. The Kier molecular flexibility index (Phi) is 5.97. The number of hydrogen-bond donors (Lipinski definition) is 1. The van der Waals surface area contributed by atoms with Crippen LogP contribution in [-0.4, -0.2) is 52.6 Å². The molecule has 8 nitrogen and oxygen atoms in total. The number of amides is 1. The molecule has 8 heteroatoms.